The van der Waals surface area contributed by atoms with Gasteiger partial charge in [-0.1, -0.05) is 42.0 Å². The summed E-state index contributed by atoms with van der Waals surface area (Å²) < 4.78 is 22.8. The number of primary sulfonamides is 1. The maximum atomic E-state index is 12.6. The summed E-state index contributed by atoms with van der Waals surface area (Å²) in [6.07, 6.45) is 0.837. The van der Waals surface area contributed by atoms with E-state index in [9.17, 15) is 18.5 Å². The number of hydrogen-bond donors (Lipinski definition) is 2. The molecule has 0 unspecified atom stereocenters. The molecule has 3 aromatic rings. The summed E-state index contributed by atoms with van der Waals surface area (Å²) in [6.45, 7) is 4.51. The number of fused-ring (bicyclic) bond motifs is 1. The van der Waals surface area contributed by atoms with Gasteiger partial charge in [-0.05, 0) is 42.2 Å². The molecule has 0 radical (unpaired) electrons. The Kier molecular flexibility index (Phi) is 6.63. The lowest BCUT2D eigenvalue weighted by atomic mass is 10.0. The molecule has 170 valence electrons. The third-order valence-electron chi connectivity index (χ3n) is 5.64. The number of thiophene rings is 1. The van der Waals surface area contributed by atoms with Crippen LogP contribution in [-0.4, -0.2) is 25.8 Å². The van der Waals surface area contributed by atoms with E-state index < -0.39 is 10.0 Å². The molecule has 1 aromatic heterocycles. The molecule has 2 heterocycles. The number of amides is 1. The van der Waals surface area contributed by atoms with E-state index in [1.807, 2.05) is 0 Å². The molecule has 7 nitrogen and oxygen atoms in total. The fraction of sp³-hybridized carbons (Fsp3) is 0.250. The highest BCUT2D eigenvalue weighted by Crippen LogP contribution is 2.37. The topological polar surface area (TPSA) is 116 Å². The van der Waals surface area contributed by atoms with Gasteiger partial charge in [0.25, 0.3) is 0 Å². The van der Waals surface area contributed by atoms with E-state index >= 15 is 0 Å². The van der Waals surface area contributed by atoms with Crippen LogP contribution in [0.25, 0.3) is 0 Å². The fourth-order valence-corrected chi connectivity index (χ4v) is 5.67. The van der Waals surface area contributed by atoms with E-state index in [4.69, 9.17) is 5.14 Å². The minimum atomic E-state index is -3.77. The van der Waals surface area contributed by atoms with Crippen LogP contribution >= 0.6 is 11.3 Å². The highest BCUT2D eigenvalue weighted by molar-refractivity contribution is 7.89. The van der Waals surface area contributed by atoms with Crippen molar-refractivity contribution in [3.8, 4) is 6.07 Å². The number of rotatable bonds is 6. The van der Waals surface area contributed by atoms with Gasteiger partial charge in [-0.2, -0.15) is 5.26 Å². The van der Waals surface area contributed by atoms with Crippen LogP contribution < -0.4 is 10.5 Å². The van der Waals surface area contributed by atoms with E-state index in [-0.39, 0.29) is 17.2 Å². The highest BCUT2D eigenvalue weighted by atomic mass is 32.2. The van der Waals surface area contributed by atoms with Gasteiger partial charge in [0.1, 0.15) is 11.1 Å². The minimum absolute atomic E-state index is 0.000418. The van der Waals surface area contributed by atoms with Crippen LogP contribution in [0.3, 0.4) is 0 Å². The Labute approximate surface area is 197 Å². The monoisotopic (exact) mass is 480 g/mol. The van der Waals surface area contributed by atoms with E-state index in [1.165, 1.54) is 34.6 Å². The van der Waals surface area contributed by atoms with Gasteiger partial charge in [0.15, 0.2) is 0 Å². The predicted molar refractivity (Wildman–Crippen MR) is 128 cm³/mol. The molecule has 1 amide bonds. The average molecular weight is 481 g/mol. The van der Waals surface area contributed by atoms with Crippen molar-refractivity contribution in [1.82, 2.24) is 4.90 Å². The van der Waals surface area contributed by atoms with E-state index in [2.05, 4.69) is 47.5 Å². The Bertz CT molecular complexity index is 1320. The number of nitrogens with zero attached hydrogens (tertiary/aromatic N) is 2. The van der Waals surface area contributed by atoms with Crippen molar-refractivity contribution >= 4 is 32.3 Å². The lowest BCUT2D eigenvalue weighted by molar-refractivity contribution is -0.115. The lowest BCUT2D eigenvalue weighted by Gasteiger charge is -2.26. The Hall–Kier alpha value is -3.03. The van der Waals surface area contributed by atoms with Crippen molar-refractivity contribution in [3.63, 3.8) is 0 Å². The van der Waals surface area contributed by atoms with Gasteiger partial charge in [0.05, 0.1) is 16.9 Å². The number of carbonyl (C=O) groups excluding carboxylic acids is 1. The van der Waals surface area contributed by atoms with Crippen LogP contribution in [0.15, 0.2) is 53.4 Å². The Morgan fingerprint density at radius 1 is 1.15 bits per heavy atom. The summed E-state index contributed by atoms with van der Waals surface area (Å²) in [6, 6.07) is 16.7. The third-order valence-corrected chi connectivity index (χ3v) is 7.71. The molecule has 0 atom stereocenters. The minimum Gasteiger partial charge on any atom is -0.316 e. The van der Waals surface area contributed by atoms with Gasteiger partial charge < -0.3 is 5.32 Å². The van der Waals surface area contributed by atoms with Crippen LogP contribution in [-0.2, 0) is 40.7 Å². The van der Waals surface area contributed by atoms with E-state index in [0.717, 1.165) is 36.5 Å². The summed E-state index contributed by atoms with van der Waals surface area (Å²) in [5.41, 5.74) is 4.71. The normalized spacial score (nSPS) is 13.8. The van der Waals surface area contributed by atoms with Crippen LogP contribution in [0.5, 0.6) is 0 Å². The number of hydrogen-bond acceptors (Lipinski definition) is 6. The zero-order chi connectivity index (χ0) is 23.6. The highest BCUT2D eigenvalue weighted by Gasteiger charge is 2.25. The molecule has 0 saturated heterocycles. The second-order valence-corrected chi connectivity index (χ2v) is 10.8. The smallest absolute Gasteiger partial charge is 0.238 e. The van der Waals surface area contributed by atoms with Gasteiger partial charge >= 0.3 is 0 Å². The first-order chi connectivity index (χ1) is 15.7. The number of sulfonamides is 1. The number of carbonyl (C=O) groups is 1. The number of anilines is 1. The van der Waals surface area contributed by atoms with Gasteiger partial charge in [0, 0.05) is 24.5 Å². The number of nitriles is 1. The van der Waals surface area contributed by atoms with Gasteiger partial charge in [-0.3, -0.25) is 9.69 Å². The summed E-state index contributed by atoms with van der Waals surface area (Å²) in [4.78, 5) is 16.1. The van der Waals surface area contributed by atoms with Crippen LogP contribution in [0.4, 0.5) is 5.00 Å². The molecule has 0 aliphatic carbocycles. The SMILES string of the molecule is Cc1ccc(CN2CCc3c(sc(NC(=O)Cc4ccc(S(N)(=O)=O)cc4)c3C#N)C2)cc1. The molecule has 33 heavy (non-hydrogen) atoms. The van der Waals surface area contributed by atoms with Crippen molar-refractivity contribution in [3.05, 3.63) is 81.2 Å². The lowest BCUT2D eigenvalue weighted by Crippen LogP contribution is -2.29. The maximum absolute atomic E-state index is 12.6. The molecule has 2 aromatic carbocycles. The first-order valence-corrected chi connectivity index (χ1v) is 12.8. The van der Waals surface area contributed by atoms with Crippen molar-refractivity contribution in [2.45, 2.75) is 37.8 Å². The molecule has 0 saturated carbocycles. The van der Waals surface area contributed by atoms with Crippen molar-refractivity contribution in [1.29, 1.82) is 5.26 Å². The summed E-state index contributed by atoms with van der Waals surface area (Å²) in [5.74, 6) is -0.259. The van der Waals surface area contributed by atoms with Crippen molar-refractivity contribution in [2.75, 3.05) is 11.9 Å². The average Bonchev–Trinajstić information content (AvgIpc) is 3.11. The molecule has 0 fully saturated rings. The molecule has 1 aliphatic rings. The predicted octanol–water partition coefficient (Wildman–Crippen LogP) is 3.32. The number of benzene rings is 2. The van der Waals surface area contributed by atoms with Gasteiger partial charge in [0.2, 0.25) is 15.9 Å². The first kappa shape index (κ1) is 23.1. The largest absolute Gasteiger partial charge is 0.316 e. The Morgan fingerprint density at radius 3 is 2.45 bits per heavy atom. The molecular weight excluding hydrogens is 456 g/mol. The molecule has 0 bridgehead atoms. The molecule has 1 aliphatic heterocycles. The number of aryl methyl sites for hydroxylation is 1. The van der Waals surface area contributed by atoms with Crippen molar-refractivity contribution < 1.29 is 13.2 Å². The van der Waals surface area contributed by atoms with Crippen molar-refractivity contribution in [2.24, 2.45) is 5.14 Å². The van der Waals surface area contributed by atoms with E-state index in [1.54, 1.807) is 12.1 Å². The van der Waals surface area contributed by atoms with Gasteiger partial charge in [-0.25, -0.2) is 13.6 Å². The third kappa shape index (κ3) is 5.49. The second-order valence-electron chi connectivity index (χ2n) is 8.18. The quantitative estimate of drug-likeness (QED) is 0.561. The zero-order valence-corrected chi connectivity index (χ0v) is 19.8. The van der Waals surface area contributed by atoms with Gasteiger partial charge in [-0.15, -0.1) is 11.3 Å². The molecule has 4 rings (SSSR count). The first-order valence-electron chi connectivity index (χ1n) is 10.5. The van der Waals surface area contributed by atoms with Crippen LogP contribution in [0.2, 0.25) is 0 Å². The second kappa shape index (κ2) is 9.45. The number of nitrogens with one attached hydrogen (secondary N) is 1. The molecule has 3 N–H and O–H groups in total. The maximum Gasteiger partial charge on any atom is 0.238 e. The fourth-order valence-electron chi connectivity index (χ4n) is 3.90. The number of nitrogens with two attached hydrogens (primary N) is 1. The van der Waals surface area contributed by atoms with Crippen LogP contribution in [0, 0.1) is 18.3 Å². The summed E-state index contributed by atoms with van der Waals surface area (Å²) in [5, 5.41) is 18.3. The zero-order valence-electron chi connectivity index (χ0n) is 18.2. The van der Waals surface area contributed by atoms with E-state index in [0.29, 0.717) is 16.1 Å². The van der Waals surface area contributed by atoms with Crippen LogP contribution in [0.1, 0.15) is 32.7 Å². The standard InChI is InChI=1S/C24H24N4O3S2/c1-16-2-4-18(5-3-16)14-28-11-10-20-21(13-25)24(32-22(20)15-28)27-23(29)12-17-6-8-19(9-7-17)33(26,30)31/h2-9H,10-12,14-15H2,1H3,(H,27,29)(H2,26,30,31). The molecule has 0 spiro atoms. The molecular formula is C24H24N4O3S2. The summed E-state index contributed by atoms with van der Waals surface area (Å²) >= 11 is 1.46. The Morgan fingerprint density at radius 2 is 1.82 bits per heavy atom. The Balaban J connectivity index is 1.44. The molecule has 9 heteroatoms. The summed E-state index contributed by atoms with van der Waals surface area (Å²) in [7, 11) is -3.77.